The Kier molecular flexibility index (Phi) is 3.14. The van der Waals surface area contributed by atoms with Gasteiger partial charge in [-0.25, -0.2) is 4.79 Å². The van der Waals surface area contributed by atoms with Gasteiger partial charge in [0.15, 0.2) is 0 Å². The van der Waals surface area contributed by atoms with E-state index < -0.39 is 11.5 Å². The number of nitrogens with one attached hydrogen (secondary N) is 1. The fourth-order valence-electron chi connectivity index (χ4n) is 1.28. The number of ether oxygens (including phenoxy) is 1. The second-order valence-electron chi connectivity index (χ2n) is 3.06. The van der Waals surface area contributed by atoms with Crippen molar-refractivity contribution >= 4 is 23.5 Å². The number of aromatic amines is 1. The molecule has 0 aliphatic carbocycles. The summed E-state index contributed by atoms with van der Waals surface area (Å²) in [6, 6.07) is 0. The molecule has 0 unspecified atom stereocenters. The Morgan fingerprint density at radius 3 is 3.06 bits per heavy atom. The van der Waals surface area contributed by atoms with Gasteiger partial charge in [0.1, 0.15) is 5.56 Å². The predicted octanol–water partition coefficient (Wildman–Crippen LogP) is 0.316. The van der Waals surface area contributed by atoms with Crippen molar-refractivity contribution in [3.05, 3.63) is 22.1 Å². The molecule has 2 heterocycles. The Morgan fingerprint density at radius 2 is 2.41 bits per heavy atom. The smallest absolute Gasteiger partial charge is 0.345 e. The molecule has 17 heavy (non-hydrogen) atoms. The van der Waals surface area contributed by atoms with E-state index in [0.29, 0.717) is 10.9 Å². The van der Waals surface area contributed by atoms with E-state index in [-0.39, 0.29) is 12.2 Å². The zero-order valence-electron chi connectivity index (χ0n) is 9.26. The minimum Gasteiger partial charge on any atom is -0.462 e. The van der Waals surface area contributed by atoms with Crippen molar-refractivity contribution in [2.75, 3.05) is 12.9 Å². The highest BCUT2D eigenvalue weighted by atomic mass is 32.2. The first-order valence-electron chi connectivity index (χ1n) is 4.87. The molecular formula is C9H10N4O3S. The fourth-order valence-corrected chi connectivity index (χ4v) is 1.62. The molecule has 0 amide bonds. The van der Waals surface area contributed by atoms with E-state index in [9.17, 15) is 9.59 Å². The zero-order chi connectivity index (χ0) is 12.4. The topological polar surface area (TPSA) is 89.3 Å². The van der Waals surface area contributed by atoms with Crippen LogP contribution in [0, 0.1) is 0 Å². The number of esters is 1. The molecule has 0 spiro atoms. The highest BCUT2D eigenvalue weighted by Crippen LogP contribution is 2.08. The molecule has 90 valence electrons. The van der Waals surface area contributed by atoms with Gasteiger partial charge in [-0.05, 0) is 13.2 Å². The van der Waals surface area contributed by atoms with Gasteiger partial charge in [0.25, 0.3) is 5.56 Å². The number of fused-ring (bicyclic) bond motifs is 1. The van der Waals surface area contributed by atoms with Crippen molar-refractivity contribution in [2.24, 2.45) is 0 Å². The number of hydrogen-bond acceptors (Lipinski definition) is 6. The van der Waals surface area contributed by atoms with Gasteiger partial charge in [0.05, 0.1) is 6.61 Å². The van der Waals surface area contributed by atoms with Gasteiger partial charge < -0.3 is 9.72 Å². The maximum absolute atomic E-state index is 11.9. The van der Waals surface area contributed by atoms with Crippen LogP contribution < -0.4 is 5.56 Å². The van der Waals surface area contributed by atoms with Crippen LogP contribution in [0.15, 0.2) is 16.1 Å². The van der Waals surface area contributed by atoms with E-state index in [0.717, 1.165) is 4.52 Å². The number of thioether (sulfide) groups is 1. The second kappa shape index (κ2) is 4.58. The van der Waals surface area contributed by atoms with Crippen LogP contribution in [0.25, 0.3) is 5.78 Å². The van der Waals surface area contributed by atoms with Crippen molar-refractivity contribution in [3.8, 4) is 0 Å². The van der Waals surface area contributed by atoms with E-state index >= 15 is 0 Å². The highest BCUT2D eigenvalue weighted by molar-refractivity contribution is 7.98. The Morgan fingerprint density at radius 1 is 1.65 bits per heavy atom. The van der Waals surface area contributed by atoms with Gasteiger partial charge in [-0.1, -0.05) is 11.8 Å². The summed E-state index contributed by atoms with van der Waals surface area (Å²) in [5.74, 6) is -0.371. The molecule has 2 rings (SSSR count). The third-order valence-corrected chi connectivity index (χ3v) is 2.57. The number of rotatable bonds is 3. The van der Waals surface area contributed by atoms with E-state index in [4.69, 9.17) is 4.74 Å². The first kappa shape index (κ1) is 11.6. The van der Waals surface area contributed by atoms with E-state index in [1.54, 1.807) is 13.2 Å². The molecule has 0 fully saturated rings. The van der Waals surface area contributed by atoms with E-state index in [1.807, 2.05) is 0 Å². The summed E-state index contributed by atoms with van der Waals surface area (Å²) in [7, 11) is 0. The van der Waals surface area contributed by atoms with Crippen LogP contribution in [-0.4, -0.2) is 38.4 Å². The average molecular weight is 254 g/mol. The lowest BCUT2D eigenvalue weighted by molar-refractivity contribution is 0.0523. The highest BCUT2D eigenvalue weighted by Gasteiger charge is 2.16. The quantitative estimate of drug-likeness (QED) is 0.626. The molecule has 2 aromatic heterocycles. The Hall–Kier alpha value is -1.83. The van der Waals surface area contributed by atoms with Crippen LogP contribution in [0.4, 0.5) is 0 Å². The molecule has 0 aliphatic heterocycles. The van der Waals surface area contributed by atoms with Crippen LogP contribution in [-0.2, 0) is 4.74 Å². The molecule has 0 aromatic carbocycles. The summed E-state index contributed by atoms with van der Waals surface area (Å²) in [5.41, 5.74) is -0.623. The molecule has 1 N–H and O–H groups in total. The van der Waals surface area contributed by atoms with Crippen LogP contribution in [0.5, 0.6) is 0 Å². The maximum atomic E-state index is 11.9. The first-order chi connectivity index (χ1) is 8.17. The van der Waals surface area contributed by atoms with Gasteiger partial charge in [-0.2, -0.15) is 9.50 Å². The van der Waals surface area contributed by atoms with Crippen molar-refractivity contribution in [2.45, 2.75) is 12.1 Å². The first-order valence-corrected chi connectivity index (χ1v) is 6.09. The normalized spacial score (nSPS) is 10.7. The van der Waals surface area contributed by atoms with Crippen LogP contribution in [0.2, 0.25) is 0 Å². The van der Waals surface area contributed by atoms with Gasteiger partial charge in [0, 0.05) is 6.20 Å². The summed E-state index contributed by atoms with van der Waals surface area (Å²) in [4.78, 5) is 30.2. The molecule has 0 radical (unpaired) electrons. The summed E-state index contributed by atoms with van der Waals surface area (Å²) >= 11 is 1.31. The van der Waals surface area contributed by atoms with Crippen molar-refractivity contribution in [1.82, 2.24) is 19.6 Å². The summed E-state index contributed by atoms with van der Waals surface area (Å²) in [6.45, 7) is 1.88. The molecule has 0 atom stereocenters. The number of aromatic nitrogens is 4. The lowest BCUT2D eigenvalue weighted by Crippen LogP contribution is -2.24. The van der Waals surface area contributed by atoms with Crippen LogP contribution >= 0.6 is 11.8 Å². The van der Waals surface area contributed by atoms with Crippen molar-refractivity contribution in [3.63, 3.8) is 0 Å². The summed E-state index contributed by atoms with van der Waals surface area (Å²) < 4.78 is 5.82. The summed E-state index contributed by atoms with van der Waals surface area (Å²) in [5, 5.41) is 4.41. The minimum absolute atomic E-state index is 0.0862. The SMILES string of the molecule is CCOC(=O)c1c[nH]c2nc(SC)nn2c1=O. The zero-order valence-corrected chi connectivity index (χ0v) is 10.1. The molecule has 0 saturated heterocycles. The third-order valence-electron chi connectivity index (χ3n) is 2.03. The monoisotopic (exact) mass is 254 g/mol. The summed E-state index contributed by atoms with van der Waals surface area (Å²) in [6.07, 6.45) is 3.08. The molecule has 0 bridgehead atoms. The maximum Gasteiger partial charge on any atom is 0.345 e. The molecule has 7 nitrogen and oxygen atoms in total. The number of carbonyl (C=O) groups excluding carboxylic acids is 1. The molecular weight excluding hydrogens is 244 g/mol. The van der Waals surface area contributed by atoms with Gasteiger partial charge >= 0.3 is 5.97 Å². The average Bonchev–Trinajstić information content (AvgIpc) is 2.73. The predicted molar refractivity (Wildman–Crippen MR) is 61.3 cm³/mol. The van der Waals surface area contributed by atoms with Gasteiger partial charge in [0.2, 0.25) is 10.9 Å². The minimum atomic E-state index is -0.670. The number of hydrogen-bond donors (Lipinski definition) is 1. The Labute approximate surface area is 100 Å². The van der Waals surface area contributed by atoms with E-state index in [1.165, 1.54) is 18.0 Å². The van der Waals surface area contributed by atoms with Gasteiger partial charge in [-0.3, -0.25) is 4.79 Å². The van der Waals surface area contributed by atoms with Crippen LogP contribution in [0.3, 0.4) is 0 Å². The molecule has 2 aromatic rings. The standard InChI is InChI=1S/C9H10N4O3S/c1-3-16-7(15)5-4-10-8-11-9(17-2)12-13(8)6(5)14/h4H,3H2,1-2H3,(H,10,11,12). The van der Waals surface area contributed by atoms with Gasteiger partial charge in [-0.15, -0.1) is 5.10 Å². The lowest BCUT2D eigenvalue weighted by atomic mass is 10.3. The largest absolute Gasteiger partial charge is 0.462 e. The van der Waals surface area contributed by atoms with Crippen molar-refractivity contribution in [1.29, 1.82) is 0 Å². The van der Waals surface area contributed by atoms with Crippen LogP contribution in [0.1, 0.15) is 17.3 Å². The molecule has 0 aliphatic rings. The second-order valence-corrected chi connectivity index (χ2v) is 3.84. The number of carbonyl (C=O) groups is 1. The van der Waals surface area contributed by atoms with Crippen molar-refractivity contribution < 1.29 is 9.53 Å². The van der Waals surface area contributed by atoms with E-state index in [2.05, 4.69) is 15.1 Å². The lowest BCUT2D eigenvalue weighted by Gasteiger charge is -2.00. The third kappa shape index (κ3) is 2.03. The number of nitrogens with zero attached hydrogens (tertiary/aromatic N) is 3. The number of H-pyrrole nitrogens is 1. The molecule has 0 saturated carbocycles. The fraction of sp³-hybridized carbons (Fsp3) is 0.333. The molecule has 8 heteroatoms. The Balaban J connectivity index is 2.57. The Bertz CT molecular complexity index is 618.